The van der Waals surface area contributed by atoms with Crippen molar-refractivity contribution in [1.82, 2.24) is 4.90 Å². The number of piperidine rings is 1. The molecule has 3 fully saturated rings. The fourth-order valence-electron chi connectivity index (χ4n) is 5.41. The van der Waals surface area contributed by atoms with Gasteiger partial charge in [-0.15, -0.1) is 0 Å². The zero-order valence-electron chi connectivity index (χ0n) is 12.3. The topological polar surface area (TPSA) is 57.6 Å². The van der Waals surface area contributed by atoms with Crippen LogP contribution in [0.4, 0.5) is 0 Å². The summed E-state index contributed by atoms with van der Waals surface area (Å²) in [6, 6.07) is 0.392. The van der Waals surface area contributed by atoms with E-state index in [-0.39, 0.29) is 23.7 Å². The molecule has 4 rings (SSSR count). The van der Waals surface area contributed by atoms with Crippen LogP contribution in [0.5, 0.6) is 0 Å². The number of hydrogen-bond donors (Lipinski definition) is 1. The highest BCUT2D eigenvalue weighted by atomic mass is 16.4. The third kappa shape index (κ3) is 1.95. The van der Waals surface area contributed by atoms with E-state index < -0.39 is 11.9 Å². The Balaban J connectivity index is 1.59. The Morgan fingerprint density at radius 3 is 2.48 bits per heavy atom. The number of carboxylic acid groups (broad SMARTS) is 1. The zero-order valence-corrected chi connectivity index (χ0v) is 12.3. The van der Waals surface area contributed by atoms with Gasteiger partial charge < -0.3 is 10.0 Å². The normalized spacial score (nSPS) is 44.1. The molecule has 6 atom stereocenters. The maximum Gasteiger partial charge on any atom is 0.307 e. The SMILES string of the molecule is O=C(O)[C@@H]1C2C=CC(C2)[C@@H]1C(=O)N1CCCC2CCCC21. The maximum atomic E-state index is 13.1. The van der Waals surface area contributed by atoms with Gasteiger partial charge in [0.15, 0.2) is 0 Å². The summed E-state index contributed by atoms with van der Waals surface area (Å²) in [4.78, 5) is 26.8. The van der Waals surface area contributed by atoms with Crippen LogP contribution in [0.2, 0.25) is 0 Å². The van der Waals surface area contributed by atoms with Gasteiger partial charge in [0.2, 0.25) is 5.91 Å². The number of rotatable bonds is 2. The van der Waals surface area contributed by atoms with Crippen molar-refractivity contribution in [2.24, 2.45) is 29.6 Å². The number of fused-ring (bicyclic) bond motifs is 3. The standard InChI is InChI=1S/C17H23NO3/c19-16(18-8-2-4-10-3-1-5-13(10)18)14-11-6-7-12(9-11)15(14)17(20)21/h6-7,10-15H,1-5,8-9H2,(H,20,21)/t10?,11?,12?,13?,14-,15+/m0/s1. The lowest BCUT2D eigenvalue weighted by Gasteiger charge is -2.40. The van der Waals surface area contributed by atoms with Gasteiger partial charge in [-0.25, -0.2) is 0 Å². The summed E-state index contributed by atoms with van der Waals surface area (Å²) in [6.45, 7) is 0.837. The Bertz CT molecular complexity index is 500. The molecule has 4 heteroatoms. The Kier molecular flexibility index (Phi) is 3.09. The second kappa shape index (κ2) is 4.85. The summed E-state index contributed by atoms with van der Waals surface area (Å²) in [5, 5.41) is 9.54. The first-order valence-electron chi connectivity index (χ1n) is 8.38. The molecule has 1 aliphatic heterocycles. The molecule has 21 heavy (non-hydrogen) atoms. The second-order valence-electron chi connectivity index (χ2n) is 7.27. The van der Waals surface area contributed by atoms with Gasteiger partial charge in [0.1, 0.15) is 0 Å². The van der Waals surface area contributed by atoms with Crippen LogP contribution in [0.3, 0.4) is 0 Å². The zero-order chi connectivity index (χ0) is 14.6. The molecular weight excluding hydrogens is 266 g/mol. The highest BCUT2D eigenvalue weighted by Gasteiger charge is 2.53. The molecule has 4 unspecified atom stereocenters. The Labute approximate surface area is 125 Å². The van der Waals surface area contributed by atoms with Crippen molar-refractivity contribution < 1.29 is 14.7 Å². The van der Waals surface area contributed by atoms with Crippen LogP contribution < -0.4 is 0 Å². The van der Waals surface area contributed by atoms with Crippen molar-refractivity contribution >= 4 is 11.9 Å². The molecule has 1 amide bonds. The van der Waals surface area contributed by atoms with Crippen LogP contribution in [0.25, 0.3) is 0 Å². The third-order valence-corrected chi connectivity index (χ3v) is 6.31. The van der Waals surface area contributed by atoms with Crippen LogP contribution >= 0.6 is 0 Å². The average Bonchev–Trinajstić information content (AvgIpc) is 3.19. The molecular formula is C17H23NO3. The van der Waals surface area contributed by atoms with E-state index in [0.29, 0.717) is 12.0 Å². The number of hydrogen-bond acceptors (Lipinski definition) is 2. The molecule has 1 saturated heterocycles. The Morgan fingerprint density at radius 1 is 1.00 bits per heavy atom. The lowest BCUT2D eigenvalue weighted by Crippen LogP contribution is -2.51. The molecule has 2 bridgehead atoms. The first kappa shape index (κ1) is 13.4. The van der Waals surface area contributed by atoms with Crippen molar-refractivity contribution in [2.45, 2.75) is 44.6 Å². The van der Waals surface area contributed by atoms with E-state index in [1.54, 1.807) is 0 Å². The molecule has 0 aromatic carbocycles. The minimum Gasteiger partial charge on any atom is -0.481 e. The predicted octanol–water partition coefficient (Wildman–Crippen LogP) is 2.30. The minimum absolute atomic E-state index is 0.0746. The van der Waals surface area contributed by atoms with Gasteiger partial charge in [-0.05, 0) is 49.9 Å². The van der Waals surface area contributed by atoms with Crippen molar-refractivity contribution in [1.29, 1.82) is 0 Å². The predicted molar refractivity (Wildman–Crippen MR) is 77.4 cm³/mol. The molecule has 3 aliphatic carbocycles. The van der Waals surface area contributed by atoms with E-state index >= 15 is 0 Å². The molecule has 4 aliphatic rings. The number of aliphatic carboxylic acids is 1. The van der Waals surface area contributed by atoms with E-state index in [0.717, 1.165) is 25.8 Å². The first-order chi connectivity index (χ1) is 10.2. The number of likely N-dealkylation sites (tertiary alicyclic amines) is 1. The van der Waals surface area contributed by atoms with Crippen LogP contribution in [0.15, 0.2) is 12.2 Å². The summed E-state index contributed by atoms with van der Waals surface area (Å²) in [7, 11) is 0. The van der Waals surface area contributed by atoms with Crippen molar-refractivity contribution in [3.05, 3.63) is 12.2 Å². The highest BCUT2D eigenvalue weighted by Crippen LogP contribution is 2.50. The van der Waals surface area contributed by atoms with Crippen molar-refractivity contribution in [3.63, 3.8) is 0 Å². The van der Waals surface area contributed by atoms with Gasteiger partial charge in [-0.3, -0.25) is 9.59 Å². The van der Waals surface area contributed by atoms with Gasteiger partial charge in [-0.2, -0.15) is 0 Å². The Morgan fingerprint density at radius 2 is 1.71 bits per heavy atom. The van der Waals surface area contributed by atoms with Crippen LogP contribution in [-0.4, -0.2) is 34.5 Å². The van der Waals surface area contributed by atoms with Gasteiger partial charge in [0, 0.05) is 12.6 Å². The quantitative estimate of drug-likeness (QED) is 0.794. The summed E-state index contributed by atoms with van der Waals surface area (Å²) in [5.41, 5.74) is 0. The van der Waals surface area contributed by atoms with Gasteiger partial charge in [0.05, 0.1) is 11.8 Å². The molecule has 1 N–H and O–H groups in total. The summed E-state index contributed by atoms with van der Waals surface area (Å²) in [6.07, 6.45) is 10.9. The number of carbonyl (C=O) groups is 2. The molecule has 2 saturated carbocycles. The van der Waals surface area contributed by atoms with Crippen molar-refractivity contribution in [2.75, 3.05) is 6.54 Å². The molecule has 1 heterocycles. The van der Waals surface area contributed by atoms with Crippen LogP contribution in [0, 0.1) is 29.6 Å². The highest BCUT2D eigenvalue weighted by molar-refractivity contribution is 5.87. The monoisotopic (exact) mass is 289 g/mol. The van der Waals surface area contributed by atoms with Gasteiger partial charge in [0.25, 0.3) is 0 Å². The van der Waals surface area contributed by atoms with Gasteiger partial charge >= 0.3 is 5.97 Å². The van der Waals surface area contributed by atoms with Gasteiger partial charge in [-0.1, -0.05) is 18.6 Å². The largest absolute Gasteiger partial charge is 0.481 e. The fraction of sp³-hybridized carbons (Fsp3) is 0.765. The molecule has 114 valence electrons. The van der Waals surface area contributed by atoms with Crippen molar-refractivity contribution in [3.8, 4) is 0 Å². The summed E-state index contributed by atoms with van der Waals surface area (Å²) >= 11 is 0. The third-order valence-electron chi connectivity index (χ3n) is 6.31. The lowest BCUT2D eigenvalue weighted by atomic mass is 9.80. The molecule has 0 spiro atoms. The van der Waals surface area contributed by atoms with Crippen LogP contribution in [-0.2, 0) is 9.59 Å². The molecule has 4 nitrogen and oxygen atoms in total. The number of allylic oxidation sites excluding steroid dienone is 2. The van der Waals surface area contributed by atoms with E-state index in [4.69, 9.17) is 0 Å². The molecule has 0 radical (unpaired) electrons. The second-order valence-corrected chi connectivity index (χ2v) is 7.27. The number of carboxylic acids is 1. The number of carbonyl (C=O) groups excluding carboxylic acids is 1. The lowest BCUT2D eigenvalue weighted by molar-refractivity contribution is -0.153. The molecule has 0 aromatic heterocycles. The molecule has 0 aromatic rings. The van der Waals surface area contributed by atoms with E-state index in [1.165, 1.54) is 19.3 Å². The van der Waals surface area contributed by atoms with E-state index in [2.05, 4.69) is 11.0 Å². The maximum absolute atomic E-state index is 13.1. The first-order valence-corrected chi connectivity index (χ1v) is 8.38. The average molecular weight is 289 g/mol. The number of nitrogens with zero attached hydrogens (tertiary/aromatic N) is 1. The summed E-state index contributed by atoms with van der Waals surface area (Å²) in [5.74, 6) is -0.553. The fourth-order valence-corrected chi connectivity index (χ4v) is 5.41. The Hall–Kier alpha value is -1.32. The summed E-state index contributed by atoms with van der Waals surface area (Å²) < 4.78 is 0. The van der Waals surface area contributed by atoms with E-state index in [9.17, 15) is 14.7 Å². The number of amides is 1. The van der Waals surface area contributed by atoms with Crippen LogP contribution in [0.1, 0.15) is 38.5 Å². The van der Waals surface area contributed by atoms with E-state index in [1.807, 2.05) is 6.08 Å². The smallest absolute Gasteiger partial charge is 0.307 e. The minimum atomic E-state index is -0.787.